The maximum absolute atomic E-state index is 12.9. The minimum absolute atomic E-state index is 0.212. The monoisotopic (exact) mass is 234 g/mol. The number of nitrogens with zero attached hydrogens (tertiary/aromatic N) is 2. The van der Waals surface area contributed by atoms with E-state index in [1.54, 1.807) is 6.92 Å². The molecule has 2 atom stereocenters. The second kappa shape index (κ2) is 7.43. The van der Waals surface area contributed by atoms with Crippen molar-refractivity contribution in [3.05, 3.63) is 17.4 Å². The van der Waals surface area contributed by atoms with Gasteiger partial charge in [-0.05, 0) is 20.8 Å². The van der Waals surface area contributed by atoms with E-state index in [4.69, 9.17) is 4.74 Å². The smallest absolute Gasteiger partial charge is 0.204 e. The summed E-state index contributed by atoms with van der Waals surface area (Å²) in [6.07, 6.45) is 0.873. The van der Waals surface area contributed by atoms with Crippen molar-refractivity contribution in [2.45, 2.75) is 32.9 Å². The summed E-state index contributed by atoms with van der Waals surface area (Å²) >= 11 is 0. The lowest BCUT2D eigenvalue weighted by molar-refractivity contribution is -0.0346. The molecule has 0 radical (unpaired) electrons. The van der Waals surface area contributed by atoms with E-state index in [1.165, 1.54) is 14.1 Å². The van der Waals surface area contributed by atoms with Crippen molar-refractivity contribution in [2.24, 2.45) is 0 Å². The molecule has 0 aromatic heterocycles. The molecule has 6 heteroatoms. The summed E-state index contributed by atoms with van der Waals surface area (Å²) < 4.78 is 18.2. The summed E-state index contributed by atoms with van der Waals surface area (Å²) in [6.45, 7) is 5.95. The van der Waals surface area contributed by atoms with Crippen LogP contribution in [0, 0.1) is 5.21 Å². The minimum atomic E-state index is -0.570. The standard InChI is InChI=1S/C10H21FN3O2/c1-6-16-9(3)8(2)14(15)13(5)7-10(11)12-4/h7-9,12H,6H2,1-5H3/q-1/b10-7+/t8?,9-/m0/s1. The first-order valence-electron chi connectivity index (χ1n) is 5.29. The van der Waals surface area contributed by atoms with Gasteiger partial charge in [0, 0.05) is 26.7 Å². The fourth-order valence-corrected chi connectivity index (χ4v) is 1.15. The molecule has 0 aliphatic heterocycles. The molecule has 0 aromatic rings. The third-order valence-electron chi connectivity index (χ3n) is 2.31. The average Bonchev–Trinajstić information content (AvgIpc) is 2.26. The van der Waals surface area contributed by atoms with Gasteiger partial charge in [-0.2, -0.15) is 4.39 Å². The Hall–Kier alpha value is -0.850. The second-order valence-corrected chi connectivity index (χ2v) is 3.50. The molecule has 0 bridgehead atoms. The predicted octanol–water partition coefficient (Wildman–Crippen LogP) is 1.43. The number of ether oxygens (including phenoxy) is 1. The molecule has 0 rings (SSSR count). The summed E-state index contributed by atoms with van der Waals surface area (Å²) in [5.41, 5.74) is 0. The summed E-state index contributed by atoms with van der Waals surface area (Å²) in [6, 6.07) is -0.383. The quantitative estimate of drug-likeness (QED) is 0.533. The Morgan fingerprint density at radius 3 is 2.56 bits per heavy atom. The third-order valence-corrected chi connectivity index (χ3v) is 2.31. The molecule has 0 heterocycles. The molecule has 0 amide bonds. The van der Waals surface area contributed by atoms with Crippen LogP contribution in [0.5, 0.6) is 0 Å². The fourth-order valence-electron chi connectivity index (χ4n) is 1.15. The molecular weight excluding hydrogens is 213 g/mol. The van der Waals surface area contributed by atoms with Crippen LogP contribution >= 0.6 is 0 Å². The van der Waals surface area contributed by atoms with Crippen molar-refractivity contribution >= 4 is 0 Å². The number of hydrazine groups is 1. The van der Waals surface area contributed by atoms with Crippen LogP contribution in [0.25, 0.3) is 0 Å². The molecule has 0 aliphatic carbocycles. The maximum Gasteiger partial charge on any atom is 0.204 e. The van der Waals surface area contributed by atoms with Crippen LogP contribution < -0.4 is 5.32 Å². The van der Waals surface area contributed by atoms with Crippen LogP contribution in [0.1, 0.15) is 20.8 Å². The highest BCUT2D eigenvalue weighted by atomic mass is 19.1. The number of hydrogen-bond acceptors (Lipinski definition) is 5. The van der Waals surface area contributed by atoms with Crippen molar-refractivity contribution < 1.29 is 9.13 Å². The molecule has 0 fully saturated rings. The Labute approximate surface area is 96.4 Å². The van der Waals surface area contributed by atoms with Gasteiger partial charge < -0.3 is 20.3 Å². The molecule has 0 saturated heterocycles. The number of halogens is 1. The molecule has 5 nitrogen and oxygen atoms in total. The molecule has 1 N–H and O–H groups in total. The lowest BCUT2D eigenvalue weighted by atomic mass is 10.2. The summed E-state index contributed by atoms with van der Waals surface area (Å²) in [7, 11) is 2.93. The zero-order valence-electron chi connectivity index (χ0n) is 10.5. The van der Waals surface area contributed by atoms with E-state index in [2.05, 4.69) is 5.32 Å². The van der Waals surface area contributed by atoms with Gasteiger partial charge in [-0.25, -0.2) is 0 Å². The van der Waals surface area contributed by atoms with Crippen molar-refractivity contribution in [3.63, 3.8) is 0 Å². The van der Waals surface area contributed by atoms with E-state index in [-0.39, 0.29) is 12.1 Å². The number of hydrogen-bond donors (Lipinski definition) is 1. The lowest BCUT2D eigenvalue weighted by Gasteiger charge is -2.43. The van der Waals surface area contributed by atoms with Crippen LogP contribution in [0.3, 0.4) is 0 Å². The Morgan fingerprint density at radius 2 is 2.12 bits per heavy atom. The summed E-state index contributed by atoms with van der Waals surface area (Å²) in [5.74, 6) is -0.570. The van der Waals surface area contributed by atoms with Gasteiger partial charge in [0.15, 0.2) is 0 Å². The molecule has 0 saturated carbocycles. The number of nitrogens with one attached hydrogen (secondary N) is 1. The van der Waals surface area contributed by atoms with E-state index in [9.17, 15) is 9.60 Å². The van der Waals surface area contributed by atoms with Gasteiger partial charge in [0.25, 0.3) is 0 Å². The highest BCUT2D eigenvalue weighted by Crippen LogP contribution is 2.09. The van der Waals surface area contributed by atoms with Gasteiger partial charge in [-0.1, -0.05) is 0 Å². The Kier molecular flexibility index (Phi) is 7.03. The number of hydroxylamine groups is 1. The Balaban J connectivity index is 4.36. The topological polar surface area (TPSA) is 50.8 Å². The van der Waals surface area contributed by atoms with Crippen molar-refractivity contribution in [2.75, 3.05) is 20.7 Å². The van der Waals surface area contributed by atoms with E-state index in [0.717, 1.165) is 11.2 Å². The molecule has 0 aliphatic rings. The fraction of sp³-hybridized carbons (Fsp3) is 0.800. The minimum Gasteiger partial charge on any atom is -0.767 e. The molecule has 1 unspecified atom stereocenters. The third kappa shape index (κ3) is 4.78. The van der Waals surface area contributed by atoms with Crippen LogP contribution in [0.15, 0.2) is 12.2 Å². The Bertz CT molecular complexity index is 226. The van der Waals surface area contributed by atoms with E-state index >= 15 is 0 Å². The second-order valence-electron chi connectivity index (χ2n) is 3.50. The van der Waals surface area contributed by atoms with Gasteiger partial charge in [-0.15, -0.1) is 0 Å². The zero-order valence-corrected chi connectivity index (χ0v) is 10.5. The average molecular weight is 234 g/mol. The van der Waals surface area contributed by atoms with Crippen LogP contribution in [0.4, 0.5) is 4.39 Å². The van der Waals surface area contributed by atoms with Crippen molar-refractivity contribution in [1.29, 1.82) is 0 Å². The summed E-state index contributed by atoms with van der Waals surface area (Å²) in [4.78, 5) is 0. The molecule has 0 spiro atoms. The lowest BCUT2D eigenvalue weighted by Crippen LogP contribution is -2.44. The molecule has 96 valence electrons. The predicted molar refractivity (Wildman–Crippen MR) is 61.8 cm³/mol. The first kappa shape index (κ1) is 15.2. The highest BCUT2D eigenvalue weighted by molar-refractivity contribution is 4.87. The van der Waals surface area contributed by atoms with Gasteiger partial charge in [-0.3, -0.25) is 5.17 Å². The van der Waals surface area contributed by atoms with Crippen molar-refractivity contribution in [3.8, 4) is 0 Å². The van der Waals surface area contributed by atoms with Gasteiger partial charge in [0.2, 0.25) is 5.95 Å². The molecular formula is C10H21FN3O2-. The van der Waals surface area contributed by atoms with Crippen molar-refractivity contribution in [1.82, 2.24) is 15.5 Å². The highest BCUT2D eigenvalue weighted by Gasteiger charge is 2.15. The molecule has 16 heavy (non-hydrogen) atoms. The van der Waals surface area contributed by atoms with Crippen LogP contribution in [-0.4, -0.2) is 43.0 Å². The normalized spacial score (nSPS) is 16.1. The SMILES string of the molecule is CCO[C@@H](C)C(C)N([O-])N(C)/C=C(\F)NC. The van der Waals surface area contributed by atoms with E-state index in [1.807, 2.05) is 13.8 Å². The largest absolute Gasteiger partial charge is 0.767 e. The van der Waals surface area contributed by atoms with E-state index < -0.39 is 5.95 Å². The molecule has 0 aromatic carbocycles. The maximum atomic E-state index is 12.9. The van der Waals surface area contributed by atoms with Gasteiger partial charge in [0.05, 0.1) is 12.3 Å². The Morgan fingerprint density at radius 1 is 1.56 bits per heavy atom. The zero-order chi connectivity index (χ0) is 12.7. The number of rotatable bonds is 7. The first-order chi connectivity index (χ1) is 7.43. The van der Waals surface area contributed by atoms with Gasteiger partial charge in [0.1, 0.15) is 0 Å². The summed E-state index contributed by atoms with van der Waals surface area (Å²) in [5, 5.41) is 15.9. The van der Waals surface area contributed by atoms with Crippen LogP contribution in [0.2, 0.25) is 0 Å². The van der Waals surface area contributed by atoms with E-state index in [0.29, 0.717) is 11.8 Å². The van der Waals surface area contributed by atoms with Gasteiger partial charge >= 0.3 is 0 Å². The van der Waals surface area contributed by atoms with Crippen LogP contribution in [-0.2, 0) is 4.74 Å². The first-order valence-corrected chi connectivity index (χ1v) is 5.29.